The van der Waals surface area contributed by atoms with Gasteiger partial charge in [0, 0.05) is 17.1 Å². The van der Waals surface area contributed by atoms with Gasteiger partial charge in [-0.3, -0.25) is 14.2 Å². The van der Waals surface area contributed by atoms with Crippen LogP contribution in [-0.2, 0) is 11.3 Å². The van der Waals surface area contributed by atoms with Crippen LogP contribution in [0.1, 0.15) is 42.7 Å². The molecule has 2 aromatic heterocycles. The number of thioether (sulfide) groups is 1. The third kappa shape index (κ3) is 4.15. The summed E-state index contributed by atoms with van der Waals surface area (Å²) < 4.78 is 1.65. The van der Waals surface area contributed by atoms with Crippen LogP contribution in [-0.4, -0.2) is 21.2 Å². The molecule has 0 aliphatic carbocycles. The number of thiophene rings is 1. The minimum absolute atomic E-state index is 0.0260. The average molecular weight is 416 g/mol. The maximum atomic E-state index is 12.9. The van der Waals surface area contributed by atoms with Crippen LogP contribution in [0, 0.1) is 13.8 Å². The van der Waals surface area contributed by atoms with E-state index in [0.717, 1.165) is 21.0 Å². The summed E-state index contributed by atoms with van der Waals surface area (Å²) >= 11 is 2.83. The number of benzene rings is 1. The van der Waals surface area contributed by atoms with Crippen molar-refractivity contribution in [3.63, 3.8) is 0 Å². The summed E-state index contributed by atoms with van der Waals surface area (Å²) in [4.78, 5) is 31.8. The summed E-state index contributed by atoms with van der Waals surface area (Å²) in [6.07, 6.45) is 0. The van der Waals surface area contributed by atoms with E-state index in [9.17, 15) is 9.59 Å². The zero-order chi connectivity index (χ0) is 20.4. The molecule has 0 bridgehead atoms. The van der Waals surface area contributed by atoms with Crippen LogP contribution in [0.5, 0.6) is 0 Å². The number of amides is 1. The highest BCUT2D eigenvalue weighted by Gasteiger charge is 2.17. The van der Waals surface area contributed by atoms with Crippen LogP contribution in [0.4, 0.5) is 5.69 Å². The van der Waals surface area contributed by atoms with E-state index in [4.69, 9.17) is 0 Å². The number of aryl methyl sites for hydroxylation is 2. The fourth-order valence-corrected chi connectivity index (χ4v) is 4.93. The predicted octanol–water partition coefficient (Wildman–Crippen LogP) is 4.95. The Labute approximate surface area is 173 Å². The minimum atomic E-state index is -0.110. The maximum absolute atomic E-state index is 12.9. The van der Waals surface area contributed by atoms with E-state index in [0.29, 0.717) is 23.0 Å². The highest BCUT2D eigenvalue weighted by atomic mass is 32.2. The van der Waals surface area contributed by atoms with Gasteiger partial charge in [-0.05, 0) is 49.9 Å². The van der Waals surface area contributed by atoms with Crippen molar-refractivity contribution >= 4 is 44.9 Å². The second-order valence-electron chi connectivity index (χ2n) is 7.02. The molecule has 0 aliphatic heterocycles. The van der Waals surface area contributed by atoms with E-state index < -0.39 is 0 Å². The first kappa shape index (κ1) is 20.6. The fraction of sp³-hybridized carbons (Fsp3) is 0.381. The van der Waals surface area contributed by atoms with Crippen molar-refractivity contribution in [3.05, 3.63) is 50.6 Å². The van der Waals surface area contributed by atoms with Crippen molar-refractivity contribution < 1.29 is 4.79 Å². The van der Waals surface area contributed by atoms with Gasteiger partial charge in [0.05, 0.1) is 11.1 Å². The molecule has 0 spiro atoms. The lowest BCUT2D eigenvalue weighted by molar-refractivity contribution is -0.113. The molecule has 3 aromatic rings. The highest BCUT2D eigenvalue weighted by molar-refractivity contribution is 7.99. The van der Waals surface area contributed by atoms with Crippen molar-refractivity contribution in [3.8, 4) is 0 Å². The first-order valence-corrected chi connectivity index (χ1v) is 11.1. The van der Waals surface area contributed by atoms with Crippen molar-refractivity contribution in [2.45, 2.75) is 52.2 Å². The van der Waals surface area contributed by atoms with Crippen LogP contribution in [0.3, 0.4) is 0 Å². The lowest BCUT2D eigenvalue weighted by Gasteiger charge is -2.11. The Morgan fingerprint density at radius 3 is 2.75 bits per heavy atom. The number of nitrogens with zero attached hydrogens (tertiary/aromatic N) is 2. The number of hydrogen-bond acceptors (Lipinski definition) is 5. The first-order valence-electron chi connectivity index (χ1n) is 9.35. The smallest absolute Gasteiger partial charge is 0.263 e. The van der Waals surface area contributed by atoms with Crippen molar-refractivity contribution in [1.29, 1.82) is 0 Å². The molecule has 148 valence electrons. The quantitative estimate of drug-likeness (QED) is 0.457. The molecule has 3 rings (SSSR count). The van der Waals surface area contributed by atoms with Gasteiger partial charge in [0.25, 0.3) is 5.56 Å². The van der Waals surface area contributed by atoms with Gasteiger partial charge in [-0.15, -0.1) is 11.3 Å². The highest BCUT2D eigenvalue weighted by Crippen LogP contribution is 2.28. The minimum Gasteiger partial charge on any atom is -0.325 e. The van der Waals surface area contributed by atoms with Gasteiger partial charge in [0.15, 0.2) is 5.16 Å². The number of hydrogen-bond donors (Lipinski definition) is 1. The molecule has 0 aliphatic rings. The normalized spacial score (nSPS) is 11.4. The fourth-order valence-electron chi connectivity index (χ4n) is 3.00. The number of carbonyl (C=O) groups is 1. The number of anilines is 1. The second-order valence-corrected chi connectivity index (χ2v) is 9.17. The molecular formula is C21H25N3O2S2. The van der Waals surface area contributed by atoms with E-state index >= 15 is 0 Å². The number of nitrogens with one attached hydrogen (secondary N) is 1. The molecule has 0 fully saturated rings. The molecular weight excluding hydrogens is 390 g/mol. The molecule has 0 unspecified atom stereocenters. The van der Waals surface area contributed by atoms with Crippen LogP contribution in [0.15, 0.2) is 34.2 Å². The molecule has 1 N–H and O–H groups in total. The summed E-state index contributed by atoms with van der Waals surface area (Å²) in [6, 6.07) is 7.89. The first-order chi connectivity index (χ1) is 13.3. The van der Waals surface area contributed by atoms with Gasteiger partial charge in [-0.1, -0.05) is 37.7 Å². The Morgan fingerprint density at radius 2 is 2.07 bits per heavy atom. The summed E-state index contributed by atoms with van der Waals surface area (Å²) in [5.41, 5.74) is 2.94. The van der Waals surface area contributed by atoms with Gasteiger partial charge < -0.3 is 5.32 Å². The molecule has 7 heteroatoms. The molecule has 5 nitrogen and oxygen atoms in total. The Hall–Kier alpha value is -2.12. The SMILES string of the molecule is CCn1c(SCC(=O)Nc2cccc(C(C)C)c2)nc2sc(C)c(C)c2c1=O. The summed E-state index contributed by atoms with van der Waals surface area (Å²) in [7, 11) is 0. The van der Waals surface area contributed by atoms with Gasteiger partial charge in [-0.25, -0.2) is 4.98 Å². The van der Waals surface area contributed by atoms with E-state index in [-0.39, 0.29) is 17.2 Å². The lowest BCUT2D eigenvalue weighted by atomic mass is 10.0. The molecule has 0 saturated heterocycles. The zero-order valence-electron chi connectivity index (χ0n) is 16.8. The Kier molecular flexibility index (Phi) is 6.25. The third-order valence-corrected chi connectivity index (χ3v) is 6.82. The van der Waals surface area contributed by atoms with Crippen LogP contribution >= 0.6 is 23.1 Å². The van der Waals surface area contributed by atoms with Gasteiger partial charge in [0.2, 0.25) is 5.91 Å². The van der Waals surface area contributed by atoms with Gasteiger partial charge in [-0.2, -0.15) is 0 Å². The largest absolute Gasteiger partial charge is 0.325 e. The standard InChI is InChI=1S/C21H25N3O2S2/c1-6-24-20(26)18-13(4)14(5)28-19(18)23-21(24)27-11-17(25)22-16-9-7-8-15(10-16)12(2)3/h7-10,12H,6,11H2,1-5H3,(H,22,25). The summed E-state index contributed by atoms with van der Waals surface area (Å²) in [5.74, 6) is 0.494. The molecule has 2 heterocycles. The molecule has 28 heavy (non-hydrogen) atoms. The number of rotatable bonds is 6. The van der Waals surface area contributed by atoms with Gasteiger partial charge in [0.1, 0.15) is 4.83 Å². The Bertz CT molecular complexity index is 1080. The molecule has 0 atom stereocenters. The topological polar surface area (TPSA) is 64.0 Å². The Balaban J connectivity index is 1.79. The van der Waals surface area contributed by atoms with Crippen LogP contribution in [0.25, 0.3) is 10.2 Å². The van der Waals surface area contributed by atoms with E-state index in [1.165, 1.54) is 28.7 Å². The zero-order valence-corrected chi connectivity index (χ0v) is 18.5. The van der Waals surface area contributed by atoms with Crippen molar-refractivity contribution in [2.24, 2.45) is 0 Å². The summed E-state index contributed by atoms with van der Waals surface area (Å²) in [5, 5.41) is 4.23. The van der Waals surface area contributed by atoms with E-state index in [2.05, 4.69) is 30.2 Å². The van der Waals surface area contributed by atoms with Crippen LogP contribution < -0.4 is 10.9 Å². The Morgan fingerprint density at radius 1 is 1.32 bits per heavy atom. The van der Waals surface area contributed by atoms with Crippen LogP contribution in [0.2, 0.25) is 0 Å². The lowest BCUT2D eigenvalue weighted by Crippen LogP contribution is -2.23. The molecule has 0 saturated carbocycles. The van der Waals surface area contributed by atoms with Crippen molar-refractivity contribution in [1.82, 2.24) is 9.55 Å². The third-order valence-electron chi connectivity index (χ3n) is 4.74. The molecule has 1 amide bonds. The monoisotopic (exact) mass is 415 g/mol. The van der Waals surface area contributed by atoms with E-state index in [1.807, 2.05) is 39.0 Å². The van der Waals surface area contributed by atoms with E-state index in [1.54, 1.807) is 4.57 Å². The average Bonchev–Trinajstić information content (AvgIpc) is 2.94. The predicted molar refractivity (Wildman–Crippen MR) is 119 cm³/mol. The number of aromatic nitrogens is 2. The van der Waals surface area contributed by atoms with Gasteiger partial charge >= 0.3 is 0 Å². The molecule has 0 radical (unpaired) electrons. The maximum Gasteiger partial charge on any atom is 0.263 e. The second kappa shape index (κ2) is 8.49. The summed E-state index contributed by atoms with van der Waals surface area (Å²) in [6.45, 7) is 10.7. The number of carbonyl (C=O) groups excluding carboxylic acids is 1. The molecule has 1 aromatic carbocycles. The number of fused-ring (bicyclic) bond motifs is 1. The van der Waals surface area contributed by atoms with Crippen molar-refractivity contribution in [2.75, 3.05) is 11.1 Å².